The summed E-state index contributed by atoms with van der Waals surface area (Å²) in [5.41, 5.74) is 2.48. The Morgan fingerprint density at radius 3 is 2.11 bits per heavy atom. The van der Waals surface area contributed by atoms with E-state index in [-0.39, 0.29) is 0 Å². The van der Waals surface area contributed by atoms with Crippen molar-refractivity contribution in [3.63, 3.8) is 0 Å². The van der Waals surface area contributed by atoms with Crippen molar-refractivity contribution in [1.82, 2.24) is 4.90 Å². The lowest BCUT2D eigenvalue weighted by Gasteiger charge is -2.23. The molecule has 0 atom stereocenters. The number of hydrogen-bond acceptors (Lipinski definition) is 7. The van der Waals surface area contributed by atoms with Gasteiger partial charge >= 0.3 is 11.9 Å². The van der Waals surface area contributed by atoms with Crippen molar-refractivity contribution in [2.45, 2.75) is 6.42 Å². The number of nitrogens with zero attached hydrogens (tertiary/aromatic N) is 1. The van der Waals surface area contributed by atoms with E-state index >= 15 is 0 Å². The van der Waals surface area contributed by atoms with Crippen LogP contribution in [0.2, 0.25) is 0 Å². The molecular formula is C18H25NO6S2. The van der Waals surface area contributed by atoms with Gasteiger partial charge in [0.05, 0.1) is 14.2 Å². The van der Waals surface area contributed by atoms with E-state index in [0.29, 0.717) is 0 Å². The number of likely N-dealkylation sites (N-methyl/N-ethyl adjacent to an activating group) is 1. The molecule has 1 aromatic carbocycles. The van der Waals surface area contributed by atoms with Gasteiger partial charge in [-0.3, -0.25) is 0 Å². The summed E-state index contributed by atoms with van der Waals surface area (Å²) < 4.78 is 12.4. The Kier molecular flexibility index (Phi) is 10.1. The maximum atomic E-state index is 9.10. The zero-order chi connectivity index (χ0) is 20.4. The number of aliphatic carboxylic acids is 2. The predicted molar refractivity (Wildman–Crippen MR) is 110 cm³/mol. The van der Waals surface area contributed by atoms with Crippen LogP contribution >= 0.6 is 23.5 Å². The van der Waals surface area contributed by atoms with E-state index in [1.807, 2.05) is 35.7 Å². The zero-order valence-electron chi connectivity index (χ0n) is 15.9. The third-order valence-corrected chi connectivity index (χ3v) is 6.10. The number of thioether (sulfide) groups is 2. The molecule has 0 aliphatic carbocycles. The Morgan fingerprint density at radius 2 is 1.67 bits per heavy atom. The highest BCUT2D eigenvalue weighted by Crippen LogP contribution is 2.43. The third kappa shape index (κ3) is 7.74. The van der Waals surface area contributed by atoms with Crippen LogP contribution in [0.1, 0.15) is 12.0 Å². The van der Waals surface area contributed by atoms with E-state index in [4.69, 9.17) is 29.3 Å². The number of carboxylic acids is 2. The first-order valence-electron chi connectivity index (χ1n) is 8.12. The number of hydrogen-bond donors (Lipinski definition) is 2. The Bertz CT molecular complexity index is 670. The van der Waals surface area contributed by atoms with E-state index in [1.54, 1.807) is 14.2 Å². The van der Waals surface area contributed by atoms with Crippen LogP contribution in [0.3, 0.4) is 0 Å². The number of ether oxygens (including phenoxy) is 2. The van der Waals surface area contributed by atoms with Crippen molar-refractivity contribution < 1.29 is 29.3 Å². The van der Waals surface area contributed by atoms with Crippen molar-refractivity contribution in [3.8, 4) is 11.5 Å². The summed E-state index contributed by atoms with van der Waals surface area (Å²) in [6, 6.07) is 6.02. The number of methoxy groups -OCH3 is 2. The van der Waals surface area contributed by atoms with E-state index in [9.17, 15) is 0 Å². The lowest BCUT2D eigenvalue weighted by atomic mass is 10.1. The molecule has 1 aliphatic rings. The van der Waals surface area contributed by atoms with Gasteiger partial charge in [-0.1, -0.05) is 0 Å². The van der Waals surface area contributed by atoms with Crippen LogP contribution in [-0.4, -0.2) is 73.4 Å². The quantitative estimate of drug-likeness (QED) is 0.704. The van der Waals surface area contributed by atoms with Gasteiger partial charge in [0.2, 0.25) is 0 Å². The van der Waals surface area contributed by atoms with Gasteiger partial charge in [0, 0.05) is 16.3 Å². The van der Waals surface area contributed by atoms with Crippen molar-refractivity contribution >= 4 is 41.0 Å². The van der Waals surface area contributed by atoms with E-state index in [0.717, 1.165) is 23.6 Å². The summed E-state index contributed by atoms with van der Waals surface area (Å²) in [6.07, 6.45) is 1.28. The van der Waals surface area contributed by atoms with E-state index < -0.39 is 11.9 Å². The summed E-state index contributed by atoms with van der Waals surface area (Å²) >= 11 is 3.92. The molecule has 0 amide bonds. The first kappa shape index (κ1) is 23.2. The molecule has 1 fully saturated rings. The maximum Gasteiger partial charge on any atom is 0.414 e. The van der Waals surface area contributed by atoms with Crippen LogP contribution in [0.25, 0.3) is 5.57 Å². The normalized spacial score (nSPS) is 13.4. The molecule has 1 heterocycles. The number of rotatable bonds is 5. The van der Waals surface area contributed by atoms with Crippen LogP contribution in [0.5, 0.6) is 11.5 Å². The minimum Gasteiger partial charge on any atom is -0.497 e. The van der Waals surface area contributed by atoms with Gasteiger partial charge in [0.1, 0.15) is 11.5 Å². The van der Waals surface area contributed by atoms with E-state index in [2.05, 4.69) is 25.1 Å². The summed E-state index contributed by atoms with van der Waals surface area (Å²) in [5, 5.41) is 14.8. The molecule has 0 saturated carbocycles. The fourth-order valence-electron chi connectivity index (χ4n) is 2.23. The zero-order valence-corrected chi connectivity index (χ0v) is 17.5. The van der Waals surface area contributed by atoms with Crippen LogP contribution in [-0.2, 0) is 9.59 Å². The smallest absolute Gasteiger partial charge is 0.414 e. The van der Waals surface area contributed by atoms with Gasteiger partial charge in [-0.15, -0.1) is 23.5 Å². The Hall–Kier alpha value is -1.84. The lowest BCUT2D eigenvalue weighted by molar-refractivity contribution is -0.159. The van der Waals surface area contributed by atoms with Crippen LogP contribution in [0.4, 0.5) is 0 Å². The summed E-state index contributed by atoms with van der Waals surface area (Å²) in [6.45, 7) is 0.902. The Labute approximate surface area is 167 Å². The first-order chi connectivity index (χ1) is 12.8. The molecule has 0 bridgehead atoms. The SMILES string of the molecule is COc1ccc(OC)c(C(CN(C)C)=C2SCCCS2)c1.O=C(O)C(=O)O. The van der Waals surface area contributed by atoms with Crippen LogP contribution in [0.15, 0.2) is 22.4 Å². The monoisotopic (exact) mass is 415 g/mol. The van der Waals surface area contributed by atoms with Crippen molar-refractivity contribution in [3.05, 3.63) is 28.0 Å². The second-order valence-electron chi connectivity index (χ2n) is 5.73. The highest BCUT2D eigenvalue weighted by atomic mass is 32.2. The molecule has 0 radical (unpaired) electrons. The fraction of sp³-hybridized carbons (Fsp3) is 0.444. The molecule has 1 saturated heterocycles. The van der Waals surface area contributed by atoms with Gasteiger partial charge < -0.3 is 24.6 Å². The van der Waals surface area contributed by atoms with Crippen LogP contribution in [0, 0.1) is 0 Å². The number of carboxylic acid groups (broad SMARTS) is 2. The topological polar surface area (TPSA) is 96.3 Å². The molecule has 150 valence electrons. The first-order valence-corrected chi connectivity index (χ1v) is 10.1. The van der Waals surface area contributed by atoms with Gasteiger partial charge in [-0.2, -0.15) is 0 Å². The summed E-state index contributed by atoms with van der Waals surface area (Å²) in [4.78, 5) is 20.4. The highest BCUT2D eigenvalue weighted by molar-refractivity contribution is 8.23. The van der Waals surface area contributed by atoms with Crippen LogP contribution < -0.4 is 9.47 Å². The summed E-state index contributed by atoms with van der Waals surface area (Å²) in [5.74, 6) is 0.530. The number of benzene rings is 1. The van der Waals surface area contributed by atoms with Crippen molar-refractivity contribution in [1.29, 1.82) is 0 Å². The second kappa shape index (κ2) is 11.8. The fourth-order valence-corrected chi connectivity index (χ4v) is 4.89. The maximum absolute atomic E-state index is 9.10. The minimum absolute atomic E-state index is 0.869. The molecule has 0 aromatic heterocycles. The lowest BCUT2D eigenvalue weighted by Crippen LogP contribution is -2.16. The molecule has 0 unspecified atom stereocenters. The van der Waals surface area contributed by atoms with Crippen molar-refractivity contribution in [2.75, 3.05) is 46.4 Å². The molecule has 27 heavy (non-hydrogen) atoms. The molecular weight excluding hydrogens is 390 g/mol. The molecule has 2 N–H and O–H groups in total. The van der Waals surface area contributed by atoms with Gasteiger partial charge in [-0.05, 0) is 55.8 Å². The molecule has 1 aromatic rings. The molecule has 2 rings (SSSR count). The van der Waals surface area contributed by atoms with Gasteiger partial charge in [-0.25, -0.2) is 9.59 Å². The molecule has 9 heteroatoms. The highest BCUT2D eigenvalue weighted by Gasteiger charge is 2.19. The standard InChI is InChI=1S/C16H23NO2S2.C2H2O4/c1-17(2)11-14(16-20-8-5-9-21-16)13-10-12(18-3)6-7-15(13)19-4;3-1(4)2(5)6/h6-7,10H,5,8-9,11H2,1-4H3;(H,3,4)(H,5,6). The van der Waals surface area contributed by atoms with Crippen molar-refractivity contribution in [2.24, 2.45) is 0 Å². The van der Waals surface area contributed by atoms with Gasteiger partial charge in [0.25, 0.3) is 0 Å². The molecule has 7 nitrogen and oxygen atoms in total. The summed E-state index contributed by atoms with van der Waals surface area (Å²) in [7, 11) is 7.63. The second-order valence-corrected chi connectivity index (χ2v) is 8.20. The Morgan fingerprint density at radius 1 is 1.07 bits per heavy atom. The molecule has 0 spiro atoms. The average molecular weight is 416 g/mol. The van der Waals surface area contributed by atoms with E-state index in [1.165, 1.54) is 27.7 Å². The third-order valence-electron chi connectivity index (χ3n) is 3.39. The molecule has 1 aliphatic heterocycles. The number of carbonyl (C=O) groups is 2. The Balaban J connectivity index is 0.000000527. The van der Waals surface area contributed by atoms with Gasteiger partial charge in [0.15, 0.2) is 0 Å². The largest absolute Gasteiger partial charge is 0.497 e. The average Bonchev–Trinajstić information content (AvgIpc) is 2.66. The minimum atomic E-state index is -1.82. The predicted octanol–water partition coefficient (Wildman–Crippen LogP) is 2.96.